The minimum atomic E-state index is -3.55. The molecule has 2 aromatic carbocycles. The van der Waals surface area contributed by atoms with E-state index in [1.165, 1.54) is 45.6 Å². The number of benzene rings is 2. The number of nitrogens with one attached hydrogen (secondary N) is 2. The van der Waals surface area contributed by atoms with Gasteiger partial charge < -0.3 is 14.2 Å². The van der Waals surface area contributed by atoms with Crippen molar-refractivity contribution < 1.29 is 31.8 Å². The summed E-state index contributed by atoms with van der Waals surface area (Å²) < 4.78 is 53.6. The molecule has 29 heavy (non-hydrogen) atoms. The maximum atomic E-state index is 13.6. The third kappa shape index (κ3) is 3.97. The van der Waals surface area contributed by atoms with Crippen molar-refractivity contribution in [1.82, 2.24) is 10.9 Å². The van der Waals surface area contributed by atoms with Crippen LogP contribution >= 0.6 is 0 Å². The Kier molecular flexibility index (Phi) is 5.64. The Labute approximate surface area is 167 Å². The number of fused-ring (bicyclic) bond motifs is 1. The molecule has 2 aromatic rings. The molecule has 1 heterocycles. The van der Waals surface area contributed by atoms with Crippen molar-refractivity contribution >= 4 is 21.4 Å². The monoisotopic (exact) mass is 422 g/mol. The van der Waals surface area contributed by atoms with Gasteiger partial charge in [0.15, 0.2) is 21.3 Å². The lowest BCUT2D eigenvalue weighted by Crippen LogP contribution is -2.37. The number of hydrazine groups is 1. The Hall–Kier alpha value is -3.27. The summed E-state index contributed by atoms with van der Waals surface area (Å²) in [6.07, 6.45) is 1.37. The molecule has 10 heteroatoms. The third-order valence-corrected chi connectivity index (χ3v) is 5.94. The highest BCUT2D eigenvalue weighted by Crippen LogP contribution is 2.38. The van der Waals surface area contributed by atoms with E-state index in [2.05, 4.69) is 10.9 Å². The average Bonchev–Trinajstić information content (AvgIpc) is 2.71. The van der Waals surface area contributed by atoms with Crippen LogP contribution in [0.25, 0.3) is 5.70 Å². The molecule has 1 amide bonds. The summed E-state index contributed by atoms with van der Waals surface area (Å²) in [5.74, 6) is -0.474. The molecular formula is C19H19FN2O6S. The minimum absolute atomic E-state index is 0.00839. The molecule has 154 valence electrons. The van der Waals surface area contributed by atoms with Gasteiger partial charge in [0.1, 0.15) is 5.82 Å². The number of halogens is 1. The number of rotatable bonds is 6. The summed E-state index contributed by atoms with van der Waals surface area (Å²) in [6.45, 7) is 0. The number of carbonyl (C=O) groups excluding carboxylic acids is 1. The van der Waals surface area contributed by atoms with Gasteiger partial charge in [-0.2, -0.15) is 0 Å². The van der Waals surface area contributed by atoms with Gasteiger partial charge in [0.2, 0.25) is 5.75 Å². The van der Waals surface area contributed by atoms with E-state index < -0.39 is 21.6 Å². The fraction of sp³-hybridized carbons (Fsp3) is 0.211. The molecular weight excluding hydrogens is 403 g/mol. The molecule has 0 spiro atoms. The third-order valence-electron chi connectivity index (χ3n) is 4.31. The average molecular weight is 422 g/mol. The van der Waals surface area contributed by atoms with Gasteiger partial charge in [-0.15, -0.1) is 0 Å². The molecule has 0 saturated carbocycles. The van der Waals surface area contributed by atoms with Crippen molar-refractivity contribution in [2.75, 3.05) is 27.1 Å². The van der Waals surface area contributed by atoms with Gasteiger partial charge in [-0.05, 0) is 36.4 Å². The van der Waals surface area contributed by atoms with Crippen molar-refractivity contribution in [3.8, 4) is 17.2 Å². The molecule has 0 fully saturated rings. The second-order valence-corrected chi connectivity index (χ2v) is 8.04. The largest absolute Gasteiger partial charge is 0.493 e. The van der Waals surface area contributed by atoms with E-state index in [-0.39, 0.29) is 27.5 Å². The van der Waals surface area contributed by atoms with Gasteiger partial charge in [0.05, 0.1) is 37.7 Å². The van der Waals surface area contributed by atoms with Crippen molar-refractivity contribution in [3.05, 3.63) is 53.4 Å². The summed E-state index contributed by atoms with van der Waals surface area (Å²) in [5.41, 5.74) is 5.75. The van der Waals surface area contributed by atoms with Crippen LogP contribution in [-0.2, 0) is 9.84 Å². The van der Waals surface area contributed by atoms with Gasteiger partial charge in [0.25, 0.3) is 5.91 Å². The van der Waals surface area contributed by atoms with E-state index in [1.54, 1.807) is 0 Å². The highest BCUT2D eigenvalue weighted by molar-refractivity contribution is 7.91. The first-order chi connectivity index (χ1) is 13.8. The highest BCUT2D eigenvalue weighted by atomic mass is 32.2. The van der Waals surface area contributed by atoms with Crippen LogP contribution in [-0.4, -0.2) is 41.4 Å². The Bertz CT molecular complexity index is 1070. The topological polar surface area (TPSA) is 103 Å². The lowest BCUT2D eigenvalue weighted by molar-refractivity contribution is 0.0941. The first kappa shape index (κ1) is 20.5. The number of amides is 1. The first-order valence-corrected chi connectivity index (χ1v) is 10.0. The van der Waals surface area contributed by atoms with Gasteiger partial charge in [-0.1, -0.05) is 0 Å². The van der Waals surface area contributed by atoms with Gasteiger partial charge in [0, 0.05) is 11.1 Å². The molecule has 0 atom stereocenters. The molecule has 1 aliphatic rings. The van der Waals surface area contributed by atoms with Crippen molar-refractivity contribution in [1.29, 1.82) is 0 Å². The maximum absolute atomic E-state index is 13.6. The van der Waals surface area contributed by atoms with Crippen LogP contribution in [0.15, 0.2) is 41.3 Å². The van der Waals surface area contributed by atoms with Crippen molar-refractivity contribution in [3.63, 3.8) is 0 Å². The fourth-order valence-electron chi connectivity index (χ4n) is 2.90. The van der Waals surface area contributed by atoms with E-state index >= 15 is 0 Å². The van der Waals surface area contributed by atoms with E-state index in [9.17, 15) is 17.6 Å². The lowest BCUT2D eigenvalue weighted by atomic mass is 10.1. The zero-order valence-corrected chi connectivity index (χ0v) is 16.7. The summed E-state index contributed by atoms with van der Waals surface area (Å²) in [5, 5.41) is 0. The Morgan fingerprint density at radius 3 is 2.28 bits per heavy atom. The van der Waals surface area contributed by atoms with E-state index in [4.69, 9.17) is 14.2 Å². The highest BCUT2D eigenvalue weighted by Gasteiger charge is 2.26. The second kappa shape index (κ2) is 8.00. The molecule has 0 bridgehead atoms. The van der Waals surface area contributed by atoms with Gasteiger partial charge in [-0.25, -0.2) is 12.8 Å². The normalized spacial score (nSPS) is 14.3. The van der Waals surface area contributed by atoms with Crippen LogP contribution < -0.4 is 25.1 Å². The standard InChI is InChI=1S/C19H19FN2O6S/c1-26-15-8-11(9-16(27-2)18(15)28-3)19(23)22-21-14-6-7-29(24,25)17-5-4-12(20)10-13(14)17/h4-6,8-10,21H,7H2,1-3H3,(H,22,23). The maximum Gasteiger partial charge on any atom is 0.269 e. The number of sulfone groups is 1. The number of methoxy groups -OCH3 is 3. The van der Waals surface area contributed by atoms with Crippen LogP contribution in [0.3, 0.4) is 0 Å². The molecule has 0 radical (unpaired) electrons. The minimum Gasteiger partial charge on any atom is -0.493 e. The van der Waals surface area contributed by atoms with Crippen molar-refractivity contribution in [2.24, 2.45) is 0 Å². The molecule has 0 unspecified atom stereocenters. The molecule has 0 saturated heterocycles. The van der Waals surface area contributed by atoms with E-state index in [0.717, 1.165) is 12.1 Å². The predicted octanol–water partition coefficient (Wildman–Crippen LogP) is 1.91. The Balaban J connectivity index is 1.85. The second-order valence-electron chi connectivity index (χ2n) is 6.03. The molecule has 3 rings (SSSR count). The summed E-state index contributed by atoms with van der Waals surface area (Å²) in [6, 6.07) is 6.30. The van der Waals surface area contributed by atoms with Crippen LogP contribution in [0, 0.1) is 5.82 Å². The summed E-state index contributed by atoms with van der Waals surface area (Å²) >= 11 is 0. The van der Waals surface area contributed by atoms with Gasteiger partial charge in [-0.3, -0.25) is 15.6 Å². The molecule has 2 N–H and O–H groups in total. The zero-order chi connectivity index (χ0) is 21.2. The predicted molar refractivity (Wildman–Crippen MR) is 103 cm³/mol. The molecule has 1 aliphatic heterocycles. The molecule has 8 nitrogen and oxygen atoms in total. The molecule has 0 aromatic heterocycles. The first-order valence-electron chi connectivity index (χ1n) is 8.40. The Morgan fingerprint density at radius 1 is 1.03 bits per heavy atom. The quantitative estimate of drug-likeness (QED) is 0.542. The van der Waals surface area contributed by atoms with Crippen molar-refractivity contribution in [2.45, 2.75) is 4.90 Å². The smallest absolute Gasteiger partial charge is 0.269 e. The number of hydrogen-bond donors (Lipinski definition) is 2. The van der Waals surface area contributed by atoms with Crippen LogP contribution in [0.1, 0.15) is 15.9 Å². The number of hydrogen-bond acceptors (Lipinski definition) is 7. The zero-order valence-electron chi connectivity index (χ0n) is 15.9. The van der Waals surface area contributed by atoms with E-state index in [0.29, 0.717) is 17.2 Å². The number of carbonyl (C=O) groups is 1. The lowest BCUT2D eigenvalue weighted by Gasteiger charge is -2.20. The summed E-state index contributed by atoms with van der Waals surface area (Å²) in [4.78, 5) is 12.6. The van der Waals surface area contributed by atoms with Crippen LogP contribution in [0.5, 0.6) is 17.2 Å². The fourth-order valence-corrected chi connectivity index (χ4v) is 4.25. The Morgan fingerprint density at radius 2 is 1.69 bits per heavy atom. The van der Waals surface area contributed by atoms with Crippen LogP contribution in [0.4, 0.5) is 4.39 Å². The van der Waals surface area contributed by atoms with Crippen LogP contribution in [0.2, 0.25) is 0 Å². The number of ether oxygens (including phenoxy) is 3. The SMILES string of the molecule is COc1cc(C(=O)NNC2=CCS(=O)(=O)c3ccc(F)cc32)cc(OC)c1OC. The summed E-state index contributed by atoms with van der Waals surface area (Å²) in [7, 11) is 0.749. The van der Waals surface area contributed by atoms with E-state index in [1.807, 2.05) is 0 Å². The van der Waals surface area contributed by atoms with Gasteiger partial charge >= 0.3 is 0 Å². The molecule has 0 aliphatic carbocycles.